The van der Waals surface area contributed by atoms with Gasteiger partial charge in [-0.3, -0.25) is 4.21 Å². The third-order valence-electron chi connectivity index (χ3n) is 4.64. The maximum atomic E-state index is 14.2. The molecule has 2 atom stereocenters. The molecule has 0 N–H and O–H groups in total. The van der Waals surface area contributed by atoms with Gasteiger partial charge >= 0.3 is 6.18 Å². The number of alkyl halides is 3. The van der Waals surface area contributed by atoms with Gasteiger partial charge in [-0.15, -0.1) is 0 Å². The van der Waals surface area contributed by atoms with Crippen LogP contribution in [0.25, 0.3) is 10.9 Å². The lowest BCUT2D eigenvalue weighted by molar-refractivity contribution is -0.150. The van der Waals surface area contributed by atoms with Crippen LogP contribution in [0.2, 0.25) is 0 Å². The molecule has 2 rings (SSSR count). The van der Waals surface area contributed by atoms with E-state index in [0.717, 1.165) is 6.07 Å². The molecule has 0 aliphatic rings. The van der Waals surface area contributed by atoms with Gasteiger partial charge < -0.3 is 4.57 Å². The second-order valence-electron chi connectivity index (χ2n) is 9.60. The van der Waals surface area contributed by atoms with Crippen LogP contribution < -0.4 is 0 Å². The van der Waals surface area contributed by atoms with Crippen LogP contribution in [-0.4, -0.2) is 25.5 Å². The third kappa shape index (κ3) is 6.06. The zero-order valence-electron chi connectivity index (χ0n) is 17.6. The molecule has 1 heterocycles. The summed E-state index contributed by atoms with van der Waals surface area (Å²) in [4.78, 5) is 0. The first-order valence-corrected chi connectivity index (χ1v) is 11.5. The highest BCUT2D eigenvalue weighted by molar-refractivity contribution is 9.10. The molecule has 0 radical (unpaired) electrons. The molecule has 0 saturated carbocycles. The van der Waals surface area contributed by atoms with E-state index in [1.165, 1.54) is 12.3 Å². The molecule has 0 spiro atoms. The van der Waals surface area contributed by atoms with Crippen LogP contribution in [0.4, 0.5) is 17.6 Å². The number of nitrogens with zero attached hydrogens (tertiary/aromatic N) is 1. The highest BCUT2D eigenvalue weighted by atomic mass is 79.9. The van der Waals surface area contributed by atoms with Crippen molar-refractivity contribution in [3.05, 3.63) is 34.2 Å². The molecule has 8 heteroatoms. The van der Waals surface area contributed by atoms with E-state index in [0.29, 0.717) is 12.1 Å². The molecule has 0 bridgehead atoms. The van der Waals surface area contributed by atoms with Crippen LogP contribution in [0.1, 0.15) is 59.4 Å². The third-order valence-corrected chi connectivity index (χ3v) is 7.22. The fourth-order valence-electron chi connectivity index (χ4n) is 3.26. The van der Waals surface area contributed by atoms with Gasteiger partial charge in [0.25, 0.3) is 0 Å². The molecule has 1 aromatic heterocycles. The Balaban J connectivity index is 2.59. The van der Waals surface area contributed by atoms with E-state index in [2.05, 4.69) is 15.9 Å². The quantitative estimate of drug-likeness (QED) is 0.401. The maximum absolute atomic E-state index is 14.2. The van der Waals surface area contributed by atoms with Crippen molar-refractivity contribution in [2.24, 2.45) is 5.41 Å². The second-order valence-corrected chi connectivity index (χ2v) is 12.8. The summed E-state index contributed by atoms with van der Waals surface area (Å²) in [6, 6.07) is 2.69. The summed E-state index contributed by atoms with van der Waals surface area (Å²) in [5, 5.41) is 0.249. The van der Waals surface area contributed by atoms with Crippen LogP contribution in [-0.2, 0) is 17.3 Å². The first-order valence-electron chi connectivity index (χ1n) is 9.43. The van der Waals surface area contributed by atoms with Crippen molar-refractivity contribution in [1.29, 1.82) is 0 Å². The number of hydrogen-bond acceptors (Lipinski definition) is 1. The molecule has 2 aromatic rings. The average molecular weight is 498 g/mol. The summed E-state index contributed by atoms with van der Waals surface area (Å²) >= 11 is 3.14. The van der Waals surface area contributed by atoms with Gasteiger partial charge in [-0.25, -0.2) is 4.39 Å². The summed E-state index contributed by atoms with van der Waals surface area (Å²) in [5.74, 6) is -2.48. The average Bonchev–Trinajstić information content (AvgIpc) is 2.81. The molecule has 1 aromatic carbocycles. The highest BCUT2D eigenvalue weighted by Crippen LogP contribution is 2.43. The number of fused-ring (bicyclic) bond motifs is 1. The molecule has 29 heavy (non-hydrogen) atoms. The maximum Gasteiger partial charge on any atom is 0.395 e. The smallest absolute Gasteiger partial charge is 0.347 e. The van der Waals surface area contributed by atoms with E-state index < -0.39 is 33.5 Å². The lowest BCUT2D eigenvalue weighted by Crippen LogP contribution is -2.28. The van der Waals surface area contributed by atoms with Gasteiger partial charge in [-0.1, -0.05) is 20.8 Å². The zero-order valence-corrected chi connectivity index (χ0v) is 20.0. The minimum atomic E-state index is -4.52. The Morgan fingerprint density at radius 2 is 1.69 bits per heavy atom. The minimum absolute atomic E-state index is 0.0362. The number of hydrogen-bond donors (Lipinski definition) is 0. The second kappa shape index (κ2) is 8.33. The van der Waals surface area contributed by atoms with E-state index >= 15 is 0 Å². The van der Waals surface area contributed by atoms with E-state index in [-0.39, 0.29) is 33.0 Å². The Morgan fingerprint density at radius 1 is 1.10 bits per heavy atom. The summed E-state index contributed by atoms with van der Waals surface area (Å²) in [6.45, 7) is 11.7. The van der Waals surface area contributed by atoms with Crippen LogP contribution in [0.3, 0.4) is 0 Å². The van der Waals surface area contributed by atoms with Gasteiger partial charge in [0.15, 0.2) is 0 Å². The van der Waals surface area contributed by atoms with E-state index in [4.69, 9.17) is 0 Å². The van der Waals surface area contributed by atoms with Crippen molar-refractivity contribution in [3.8, 4) is 0 Å². The van der Waals surface area contributed by atoms with E-state index in [1.807, 2.05) is 20.8 Å². The molecule has 164 valence electrons. The van der Waals surface area contributed by atoms with Gasteiger partial charge in [0, 0.05) is 44.9 Å². The number of halogens is 5. The van der Waals surface area contributed by atoms with Gasteiger partial charge in [-0.2, -0.15) is 13.2 Å². The van der Waals surface area contributed by atoms with Crippen LogP contribution in [0.15, 0.2) is 22.8 Å². The van der Waals surface area contributed by atoms with Crippen LogP contribution in [0.5, 0.6) is 0 Å². The topological polar surface area (TPSA) is 22.0 Å². The molecule has 0 aliphatic carbocycles. The lowest BCUT2D eigenvalue weighted by Gasteiger charge is -2.23. The lowest BCUT2D eigenvalue weighted by atomic mass is 9.95. The Hall–Kier alpha value is -0.890. The Bertz CT molecular complexity index is 907. The van der Waals surface area contributed by atoms with Crippen LogP contribution >= 0.6 is 15.9 Å². The predicted octanol–water partition coefficient (Wildman–Crippen LogP) is 7.17. The molecular formula is C21H28BrF4NOS. The van der Waals surface area contributed by atoms with Crippen LogP contribution in [0, 0.1) is 11.2 Å². The van der Waals surface area contributed by atoms with Crippen molar-refractivity contribution in [1.82, 2.24) is 4.57 Å². The SMILES string of the molecule is CC(C)(C)Cn1cc([C@H](CC[S@@](=O)C(C)(C)C)C(F)(F)F)c2cc(F)c(Br)cc21. The molecule has 0 fully saturated rings. The largest absolute Gasteiger partial charge is 0.395 e. The molecule has 0 saturated heterocycles. The summed E-state index contributed by atoms with van der Waals surface area (Å²) in [5.41, 5.74) is 0.411. The molecular weight excluding hydrogens is 470 g/mol. The fourth-order valence-corrected chi connectivity index (χ4v) is 4.65. The highest BCUT2D eigenvalue weighted by Gasteiger charge is 2.42. The number of aromatic nitrogens is 1. The van der Waals surface area contributed by atoms with Gasteiger partial charge in [0.05, 0.1) is 10.4 Å². The summed E-state index contributed by atoms with van der Waals surface area (Å²) < 4.78 is 69.9. The van der Waals surface area contributed by atoms with Crippen molar-refractivity contribution in [3.63, 3.8) is 0 Å². The first-order chi connectivity index (χ1) is 13.0. The standard InChI is InChI=1S/C21H28BrF4NOS/c1-19(2,3)12-27-11-14(13-9-17(23)16(22)10-18(13)27)15(21(24,25)26)7-8-29(28)20(4,5)6/h9-11,15H,7-8,12H2,1-6H3/t15-,29+/m0/s1. The number of rotatable bonds is 5. The van der Waals surface area contributed by atoms with E-state index in [1.54, 1.807) is 25.3 Å². The molecule has 0 aliphatic heterocycles. The predicted molar refractivity (Wildman–Crippen MR) is 115 cm³/mol. The molecule has 0 unspecified atom stereocenters. The minimum Gasteiger partial charge on any atom is -0.347 e. The van der Waals surface area contributed by atoms with Crippen molar-refractivity contribution in [2.75, 3.05) is 5.75 Å². The van der Waals surface area contributed by atoms with Crippen molar-refractivity contribution < 1.29 is 21.8 Å². The Morgan fingerprint density at radius 3 is 2.17 bits per heavy atom. The van der Waals surface area contributed by atoms with Gasteiger partial charge in [-0.05, 0) is 66.2 Å². The van der Waals surface area contributed by atoms with Crippen molar-refractivity contribution in [2.45, 2.75) is 71.3 Å². The first kappa shape index (κ1) is 24.4. The Kier molecular flexibility index (Phi) is 7.00. The summed E-state index contributed by atoms with van der Waals surface area (Å²) in [7, 11) is -1.41. The summed E-state index contributed by atoms with van der Waals surface area (Å²) in [6.07, 6.45) is -3.34. The molecule has 0 amide bonds. The van der Waals surface area contributed by atoms with Gasteiger partial charge in [0.1, 0.15) is 5.82 Å². The fraction of sp³-hybridized carbons (Fsp3) is 0.619. The monoisotopic (exact) mass is 497 g/mol. The van der Waals surface area contributed by atoms with Gasteiger partial charge in [0.2, 0.25) is 0 Å². The normalized spacial score (nSPS) is 15.7. The number of benzene rings is 1. The van der Waals surface area contributed by atoms with Crippen molar-refractivity contribution >= 4 is 37.6 Å². The van der Waals surface area contributed by atoms with E-state index in [9.17, 15) is 21.8 Å². The molecule has 2 nitrogen and oxygen atoms in total. The zero-order chi connectivity index (χ0) is 22.4. The Labute approximate surface area is 180 Å².